The normalized spacial score (nSPS) is 11.3. The van der Waals surface area contributed by atoms with Crippen molar-refractivity contribution < 1.29 is 0 Å². The third kappa shape index (κ3) is 4.58. The Balaban J connectivity index is 1.34. The van der Waals surface area contributed by atoms with Gasteiger partial charge in [-0.25, -0.2) is 4.98 Å². The van der Waals surface area contributed by atoms with Gasteiger partial charge in [0.25, 0.3) is 0 Å². The molecule has 0 saturated heterocycles. The second-order valence-corrected chi connectivity index (χ2v) is 10.7. The number of nitrogens with zero attached hydrogens (tertiary/aromatic N) is 3. The summed E-state index contributed by atoms with van der Waals surface area (Å²) in [5, 5.41) is 2.48. The van der Waals surface area contributed by atoms with E-state index in [-0.39, 0.29) is 0 Å². The van der Waals surface area contributed by atoms with Crippen molar-refractivity contribution in [2.45, 2.75) is 0 Å². The molecule has 0 fully saturated rings. The maximum atomic E-state index is 5.06. The van der Waals surface area contributed by atoms with Crippen LogP contribution in [-0.4, -0.2) is 14.4 Å². The lowest BCUT2D eigenvalue weighted by Gasteiger charge is -2.14. The fourth-order valence-electron chi connectivity index (χ4n) is 6.05. The molecule has 0 N–H and O–H groups in total. The van der Waals surface area contributed by atoms with Crippen molar-refractivity contribution in [3.05, 3.63) is 164 Å². The quantitative estimate of drug-likeness (QED) is 0.214. The number of fused-ring (bicyclic) bond motifs is 2. The van der Waals surface area contributed by atoms with Crippen LogP contribution in [0.4, 0.5) is 0 Å². The Morgan fingerprint density at radius 2 is 1.09 bits per heavy atom. The van der Waals surface area contributed by atoms with Crippen LogP contribution in [0.25, 0.3) is 72.3 Å². The third-order valence-corrected chi connectivity index (χ3v) is 8.09. The smallest absolute Gasteiger partial charge is 0.137 e. The van der Waals surface area contributed by atoms with E-state index in [1.54, 1.807) is 0 Å². The molecule has 8 rings (SSSR count). The molecule has 0 amide bonds. The lowest BCUT2D eigenvalue weighted by molar-refractivity contribution is 1.19. The van der Waals surface area contributed by atoms with Gasteiger partial charge >= 0.3 is 0 Å². The summed E-state index contributed by atoms with van der Waals surface area (Å²) < 4.78 is 2.19. The van der Waals surface area contributed by atoms with Gasteiger partial charge in [-0.2, -0.15) is 0 Å². The van der Waals surface area contributed by atoms with Gasteiger partial charge in [-0.1, -0.05) is 97.1 Å². The van der Waals surface area contributed by atoms with Crippen LogP contribution in [-0.2, 0) is 0 Å². The number of hydrogen-bond donors (Lipinski definition) is 0. The fraction of sp³-hybridized carbons (Fsp3) is 0. The van der Waals surface area contributed by atoms with Crippen LogP contribution in [0.5, 0.6) is 0 Å². The molecule has 0 saturated carbocycles. The molecule has 0 aliphatic rings. The molecule has 0 spiro atoms. The molecule has 0 aliphatic heterocycles. The summed E-state index contributed by atoms with van der Waals surface area (Å²) >= 11 is 0. The number of imidazole rings is 1. The van der Waals surface area contributed by atoms with Gasteiger partial charge < -0.3 is 0 Å². The average Bonchev–Trinajstić information content (AvgIpc) is 3.48. The summed E-state index contributed by atoms with van der Waals surface area (Å²) in [5.41, 5.74) is 12.2. The molecule has 3 heteroatoms. The molecular weight excluding hydrogens is 522 g/mol. The second-order valence-electron chi connectivity index (χ2n) is 10.7. The topological polar surface area (TPSA) is 30.2 Å². The molecule has 3 heterocycles. The lowest BCUT2D eigenvalue weighted by atomic mass is 9.91. The van der Waals surface area contributed by atoms with Gasteiger partial charge in [0, 0.05) is 29.7 Å². The van der Waals surface area contributed by atoms with Crippen LogP contribution < -0.4 is 0 Å². The second kappa shape index (κ2) is 10.6. The molecule has 0 radical (unpaired) electrons. The fourth-order valence-corrected chi connectivity index (χ4v) is 6.05. The van der Waals surface area contributed by atoms with Gasteiger partial charge in [0.05, 0.1) is 11.4 Å². The van der Waals surface area contributed by atoms with E-state index < -0.39 is 0 Å². The van der Waals surface area contributed by atoms with Gasteiger partial charge in [0.1, 0.15) is 5.65 Å². The molecule has 0 aliphatic carbocycles. The Hall–Kier alpha value is -5.80. The molecule has 3 nitrogen and oxygen atoms in total. The highest BCUT2D eigenvalue weighted by Crippen LogP contribution is 2.38. The molecule has 43 heavy (non-hydrogen) atoms. The molecule has 0 bridgehead atoms. The van der Waals surface area contributed by atoms with E-state index in [9.17, 15) is 0 Å². The van der Waals surface area contributed by atoms with E-state index in [1.165, 1.54) is 21.9 Å². The van der Waals surface area contributed by atoms with E-state index in [2.05, 4.69) is 149 Å². The van der Waals surface area contributed by atoms with E-state index in [0.29, 0.717) is 0 Å². The molecule has 5 aromatic carbocycles. The summed E-state index contributed by atoms with van der Waals surface area (Å²) in [5.74, 6) is 0. The van der Waals surface area contributed by atoms with Crippen molar-refractivity contribution in [3.63, 3.8) is 0 Å². The van der Waals surface area contributed by atoms with Crippen molar-refractivity contribution in [2.75, 3.05) is 0 Å². The molecule has 0 atom stereocenters. The average molecular weight is 550 g/mol. The minimum Gasteiger partial charge on any atom is -0.299 e. The highest BCUT2D eigenvalue weighted by Gasteiger charge is 2.17. The SMILES string of the molecule is c1ccc(-c2nc3ccccn3c2-c2cccc(-c3cc(-c4ccncc4)cc(-c4cccc5ccccc45)c3)c2)cc1. The molecule has 3 aromatic heterocycles. The van der Waals surface area contributed by atoms with Gasteiger partial charge in [-0.15, -0.1) is 0 Å². The summed E-state index contributed by atoms with van der Waals surface area (Å²) in [7, 11) is 0. The molecule has 0 unspecified atom stereocenters. The van der Waals surface area contributed by atoms with Crippen LogP contribution in [0.15, 0.2) is 164 Å². The summed E-state index contributed by atoms with van der Waals surface area (Å²) in [6.45, 7) is 0. The predicted octanol–water partition coefficient (Wildman–Crippen LogP) is 10.2. The Bertz CT molecular complexity index is 2230. The van der Waals surface area contributed by atoms with Crippen LogP contribution in [0.1, 0.15) is 0 Å². The molecular formula is C40H27N3. The van der Waals surface area contributed by atoms with Crippen molar-refractivity contribution in [2.24, 2.45) is 0 Å². The first kappa shape index (κ1) is 25.0. The first-order valence-corrected chi connectivity index (χ1v) is 14.5. The molecule has 202 valence electrons. The first-order chi connectivity index (χ1) is 21.3. The number of aromatic nitrogens is 3. The molecule has 8 aromatic rings. The van der Waals surface area contributed by atoms with Crippen LogP contribution in [0.2, 0.25) is 0 Å². The van der Waals surface area contributed by atoms with E-state index in [1.807, 2.05) is 24.5 Å². The van der Waals surface area contributed by atoms with Crippen molar-refractivity contribution in [1.29, 1.82) is 0 Å². The zero-order valence-electron chi connectivity index (χ0n) is 23.4. The Morgan fingerprint density at radius 3 is 1.98 bits per heavy atom. The monoisotopic (exact) mass is 549 g/mol. The van der Waals surface area contributed by atoms with Gasteiger partial charge in [-0.3, -0.25) is 9.38 Å². The standard InChI is InChI=1S/C40H27N3/c1-2-11-30(12-3-1)39-40(43-23-7-6-18-38(43)42-39)32-15-8-14-31(24-32)34-25-33(28-19-21-41-22-20-28)26-35(27-34)37-17-9-13-29-10-4-5-16-36(29)37/h1-27H. The van der Waals surface area contributed by atoms with E-state index in [4.69, 9.17) is 4.98 Å². The van der Waals surface area contributed by atoms with Crippen molar-refractivity contribution in [1.82, 2.24) is 14.4 Å². The highest BCUT2D eigenvalue weighted by molar-refractivity contribution is 5.98. The van der Waals surface area contributed by atoms with Crippen molar-refractivity contribution in [3.8, 4) is 55.9 Å². The van der Waals surface area contributed by atoms with Gasteiger partial charge in [-0.05, 0) is 92.7 Å². The Labute approximate surface area is 250 Å². The summed E-state index contributed by atoms with van der Waals surface area (Å²) in [6, 6.07) is 51.6. The number of pyridine rings is 2. The maximum absolute atomic E-state index is 5.06. The van der Waals surface area contributed by atoms with Gasteiger partial charge in [0.2, 0.25) is 0 Å². The minimum atomic E-state index is 0.930. The van der Waals surface area contributed by atoms with Crippen LogP contribution in [0.3, 0.4) is 0 Å². The number of hydrogen-bond acceptors (Lipinski definition) is 2. The first-order valence-electron chi connectivity index (χ1n) is 14.5. The Kier molecular flexibility index (Phi) is 6.12. The van der Waals surface area contributed by atoms with Crippen LogP contribution in [0, 0.1) is 0 Å². The maximum Gasteiger partial charge on any atom is 0.137 e. The number of benzene rings is 5. The van der Waals surface area contributed by atoms with Crippen molar-refractivity contribution >= 4 is 16.4 Å². The van der Waals surface area contributed by atoms with Gasteiger partial charge in [0.15, 0.2) is 0 Å². The highest BCUT2D eigenvalue weighted by atomic mass is 15.0. The van der Waals surface area contributed by atoms with E-state index >= 15 is 0 Å². The minimum absolute atomic E-state index is 0.930. The zero-order valence-corrected chi connectivity index (χ0v) is 23.4. The van der Waals surface area contributed by atoms with Crippen LogP contribution >= 0.6 is 0 Å². The zero-order chi connectivity index (χ0) is 28.6. The lowest BCUT2D eigenvalue weighted by Crippen LogP contribution is -1.91. The van der Waals surface area contributed by atoms with E-state index in [0.717, 1.165) is 50.4 Å². The number of rotatable bonds is 5. The summed E-state index contributed by atoms with van der Waals surface area (Å²) in [4.78, 5) is 9.32. The largest absolute Gasteiger partial charge is 0.299 e. The third-order valence-electron chi connectivity index (χ3n) is 8.09. The Morgan fingerprint density at radius 1 is 0.442 bits per heavy atom. The summed E-state index contributed by atoms with van der Waals surface area (Å²) in [6.07, 6.45) is 5.81. The predicted molar refractivity (Wildman–Crippen MR) is 178 cm³/mol.